The molecule has 0 saturated carbocycles. The van der Waals surface area contributed by atoms with Crippen molar-refractivity contribution < 1.29 is 9.59 Å². The second-order valence-electron chi connectivity index (χ2n) is 5.58. The summed E-state index contributed by atoms with van der Waals surface area (Å²) in [6.45, 7) is 4.01. The number of hydrogen-bond acceptors (Lipinski definition) is 4. The zero-order valence-corrected chi connectivity index (χ0v) is 13.3. The Morgan fingerprint density at radius 1 is 1.30 bits per heavy atom. The molecule has 1 aliphatic heterocycles. The van der Waals surface area contributed by atoms with Gasteiger partial charge in [0.05, 0.1) is 6.54 Å². The molecule has 0 bridgehead atoms. The van der Waals surface area contributed by atoms with Gasteiger partial charge in [0.1, 0.15) is 5.69 Å². The molecule has 2 amide bonds. The molecule has 122 valence electrons. The smallest absolute Gasteiger partial charge is 0.289 e. The van der Waals surface area contributed by atoms with Crippen LogP contribution in [0.25, 0.3) is 0 Å². The van der Waals surface area contributed by atoms with Crippen LogP contribution >= 0.6 is 0 Å². The number of amides is 2. The maximum atomic E-state index is 12.5. The zero-order chi connectivity index (χ0) is 16.4. The van der Waals surface area contributed by atoms with E-state index in [0.29, 0.717) is 43.5 Å². The third-order valence-corrected chi connectivity index (χ3v) is 3.94. The lowest BCUT2D eigenvalue weighted by Crippen LogP contribution is -2.40. The number of carbonyl (C=O) groups excluding carboxylic acids is 2. The highest BCUT2D eigenvalue weighted by molar-refractivity contribution is 5.93. The summed E-state index contributed by atoms with van der Waals surface area (Å²) >= 11 is 0. The van der Waals surface area contributed by atoms with Crippen LogP contribution in [0.15, 0.2) is 18.3 Å². The molecule has 0 saturated heterocycles. The topological polar surface area (TPSA) is 85.1 Å². The van der Waals surface area contributed by atoms with Crippen LogP contribution in [0, 0.1) is 0 Å². The van der Waals surface area contributed by atoms with Crippen LogP contribution in [-0.4, -0.2) is 49.1 Å². The second-order valence-corrected chi connectivity index (χ2v) is 5.58. The normalized spacial score (nSPS) is 13.7. The van der Waals surface area contributed by atoms with E-state index in [1.165, 1.54) is 0 Å². The Kier molecular flexibility index (Phi) is 4.14. The summed E-state index contributed by atoms with van der Waals surface area (Å²) in [5.41, 5.74) is 0.638. The van der Waals surface area contributed by atoms with Crippen molar-refractivity contribution >= 4 is 11.8 Å². The molecule has 23 heavy (non-hydrogen) atoms. The molecule has 8 nitrogen and oxygen atoms in total. The van der Waals surface area contributed by atoms with Gasteiger partial charge >= 0.3 is 0 Å². The van der Waals surface area contributed by atoms with E-state index in [-0.39, 0.29) is 11.8 Å². The lowest BCUT2D eigenvalue weighted by atomic mass is 10.3. The van der Waals surface area contributed by atoms with E-state index in [4.69, 9.17) is 0 Å². The Balaban J connectivity index is 1.75. The molecule has 1 aliphatic rings. The number of hydrogen-bond donors (Lipinski definition) is 1. The molecule has 0 unspecified atom stereocenters. The van der Waals surface area contributed by atoms with E-state index < -0.39 is 0 Å². The largest absolute Gasteiger partial charge is 0.349 e. The van der Waals surface area contributed by atoms with Gasteiger partial charge in [0.2, 0.25) is 5.82 Å². The molecule has 0 aliphatic carbocycles. The van der Waals surface area contributed by atoms with Crippen molar-refractivity contribution in [2.75, 3.05) is 13.1 Å². The number of nitrogens with one attached hydrogen (secondary N) is 1. The van der Waals surface area contributed by atoms with Crippen LogP contribution in [-0.2, 0) is 20.1 Å². The predicted molar refractivity (Wildman–Crippen MR) is 82.8 cm³/mol. The highest BCUT2D eigenvalue weighted by Gasteiger charge is 2.28. The molecule has 0 fully saturated rings. The molecule has 2 aromatic rings. The van der Waals surface area contributed by atoms with Gasteiger partial charge < -0.3 is 19.4 Å². The summed E-state index contributed by atoms with van der Waals surface area (Å²) < 4.78 is 3.59. The Labute approximate surface area is 134 Å². The molecule has 0 aromatic carbocycles. The predicted octanol–water partition coefficient (Wildman–Crippen LogP) is 0.412. The van der Waals surface area contributed by atoms with Crippen LogP contribution < -0.4 is 5.32 Å². The molecule has 0 radical (unpaired) electrons. The van der Waals surface area contributed by atoms with Crippen molar-refractivity contribution in [2.24, 2.45) is 7.05 Å². The molecule has 3 rings (SSSR count). The van der Waals surface area contributed by atoms with Gasteiger partial charge in [-0.1, -0.05) is 6.92 Å². The maximum absolute atomic E-state index is 12.5. The van der Waals surface area contributed by atoms with E-state index >= 15 is 0 Å². The fourth-order valence-electron chi connectivity index (χ4n) is 2.66. The van der Waals surface area contributed by atoms with E-state index in [9.17, 15) is 9.59 Å². The SMILES string of the molecule is CCCNC(=O)c1nnc2n1CCN(C(=O)c1cccn1C)C2. The fraction of sp³-hybridized carbons (Fsp3) is 0.467. The first-order valence-electron chi connectivity index (χ1n) is 7.72. The van der Waals surface area contributed by atoms with E-state index in [1.807, 2.05) is 26.2 Å². The molecular weight excluding hydrogens is 296 g/mol. The van der Waals surface area contributed by atoms with Gasteiger partial charge in [-0.3, -0.25) is 9.59 Å². The van der Waals surface area contributed by atoms with Gasteiger partial charge in [0.25, 0.3) is 11.8 Å². The first-order chi connectivity index (χ1) is 11.1. The Morgan fingerprint density at radius 3 is 2.83 bits per heavy atom. The number of aryl methyl sites for hydroxylation is 1. The molecule has 0 atom stereocenters. The minimum atomic E-state index is -0.215. The van der Waals surface area contributed by atoms with Gasteiger partial charge in [-0.2, -0.15) is 0 Å². The molecule has 0 spiro atoms. The lowest BCUT2D eigenvalue weighted by Gasteiger charge is -2.27. The molecule has 1 N–H and O–H groups in total. The van der Waals surface area contributed by atoms with Crippen molar-refractivity contribution in [3.8, 4) is 0 Å². The zero-order valence-electron chi connectivity index (χ0n) is 13.3. The summed E-state index contributed by atoms with van der Waals surface area (Å²) in [6, 6.07) is 3.64. The van der Waals surface area contributed by atoms with Gasteiger partial charge in [0, 0.05) is 32.9 Å². The highest BCUT2D eigenvalue weighted by Crippen LogP contribution is 2.15. The number of rotatable bonds is 4. The van der Waals surface area contributed by atoms with Crippen LogP contribution in [0.2, 0.25) is 0 Å². The lowest BCUT2D eigenvalue weighted by molar-refractivity contribution is 0.0696. The Bertz CT molecular complexity index is 732. The summed E-state index contributed by atoms with van der Waals surface area (Å²) in [4.78, 5) is 26.3. The number of carbonyl (C=O) groups is 2. The minimum Gasteiger partial charge on any atom is -0.349 e. The highest BCUT2D eigenvalue weighted by atomic mass is 16.2. The summed E-state index contributed by atoms with van der Waals surface area (Å²) in [5, 5.41) is 10.9. The standard InChI is InChI=1S/C15H20N6O2/c1-3-6-16-14(22)13-18-17-12-10-20(8-9-21(12)13)15(23)11-5-4-7-19(11)2/h4-5,7H,3,6,8-10H2,1-2H3,(H,16,22). The Hall–Kier alpha value is -2.64. The molecular formula is C15H20N6O2. The molecule has 3 heterocycles. The maximum Gasteiger partial charge on any atom is 0.289 e. The van der Waals surface area contributed by atoms with Crippen molar-refractivity contribution in [1.29, 1.82) is 0 Å². The summed E-state index contributed by atoms with van der Waals surface area (Å²) in [7, 11) is 1.84. The monoisotopic (exact) mass is 316 g/mol. The first-order valence-corrected chi connectivity index (χ1v) is 7.72. The minimum absolute atomic E-state index is 0.0382. The molecule has 2 aromatic heterocycles. The van der Waals surface area contributed by atoms with Crippen LogP contribution in [0.3, 0.4) is 0 Å². The van der Waals surface area contributed by atoms with Gasteiger partial charge in [-0.15, -0.1) is 10.2 Å². The fourth-order valence-corrected chi connectivity index (χ4v) is 2.66. The third kappa shape index (κ3) is 2.84. The third-order valence-electron chi connectivity index (χ3n) is 3.94. The van der Waals surface area contributed by atoms with E-state index in [1.54, 1.807) is 20.1 Å². The van der Waals surface area contributed by atoms with Crippen LogP contribution in [0.1, 0.15) is 40.3 Å². The second kappa shape index (κ2) is 6.23. The summed E-state index contributed by atoms with van der Waals surface area (Å²) in [6.07, 6.45) is 2.71. The van der Waals surface area contributed by atoms with E-state index in [2.05, 4.69) is 15.5 Å². The van der Waals surface area contributed by atoms with Gasteiger partial charge in [-0.25, -0.2) is 0 Å². The van der Waals surface area contributed by atoms with Crippen molar-refractivity contribution in [2.45, 2.75) is 26.4 Å². The van der Waals surface area contributed by atoms with E-state index in [0.717, 1.165) is 6.42 Å². The van der Waals surface area contributed by atoms with Crippen molar-refractivity contribution in [1.82, 2.24) is 29.5 Å². The summed E-state index contributed by atoms with van der Waals surface area (Å²) in [5.74, 6) is 0.705. The molecule has 8 heteroatoms. The average Bonchev–Trinajstić information content (AvgIpc) is 3.17. The van der Waals surface area contributed by atoms with Crippen LogP contribution in [0.4, 0.5) is 0 Å². The van der Waals surface area contributed by atoms with Gasteiger partial charge in [-0.05, 0) is 18.6 Å². The number of aromatic nitrogens is 4. The average molecular weight is 316 g/mol. The quantitative estimate of drug-likeness (QED) is 0.885. The van der Waals surface area contributed by atoms with Gasteiger partial charge in [0.15, 0.2) is 5.82 Å². The first kappa shape index (κ1) is 15.3. The number of fused-ring (bicyclic) bond motifs is 1. The van der Waals surface area contributed by atoms with Crippen molar-refractivity contribution in [3.05, 3.63) is 35.7 Å². The van der Waals surface area contributed by atoms with Crippen molar-refractivity contribution in [3.63, 3.8) is 0 Å². The van der Waals surface area contributed by atoms with Crippen LogP contribution in [0.5, 0.6) is 0 Å². The number of nitrogens with zero attached hydrogens (tertiary/aromatic N) is 5. The Morgan fingerprint density at radius 2 is 2.13 bits per heavy atom.